The Hall–Kier alpha value is -2.38. The molecule has 106 valence electrons. The second kappa shape index (κ2) is 4.62. The number of aliphatic hydroxyl groups excluding tert-OH is 1. The number of aromatic amines is 1. The van der Waals surface area contributed by atoms with Crippen molar-refractivity contribution in [1.29, 1.82) is 0 Å². The van der Waals surface area contributed by atoms with Crippen molar-refractivity contribution in [2.75, 3.05) is 0 Å². The van der Waals surface area contributed by atoms with Gasteiger partial charge in [0, 0.05) is 12.3 Å². The van der Waals surface area contributed by atoms with Crippen molar-refractivity contribution in [3.05, 3.63) is 70.2 Å². The van der Waals surface area contributed by atoms with Crippen LogP contribution in [0.4, 0.5) is 0 Å². The molecule has 3 atom stereocenters. The zero-order valence-electron chi connectivity index (χ0n) is 10.6. The van der Waals surface area contributed by atoms with Crippen LogP contribution in [0, 0.1) is 0 Å². The molecular formula is C13H14N2O5. The zero-order valence-corrected chi connectivity index (χ0v) is 10.6. The molecule has 0 spiro atoms. The Morgan fingerprint density at radius 1 is 1.55 bits per heavy atom. The largest absolute Gasteiger partial charge is 0.468 e. The van der Waals surface area contributed by atoms with E-state index in [-0.39, 0.29) is 11.3 Å². The van der Waals surface area contributed by atoms with Gasteiger partial charge in [0.15, 0.2) is 5.60 Å². The molecule has 0 saturated carbocycles. The first-order valence-electron chi connectivity index (χ1n) is 5.71. The minimum absolute atomic E-state index is 0.0618. The molecule has 1 aliphatic heterocycles. The highest BCUT2D eigenvalue weighted by atomic mass is 16.6. The van der Waals surface area contributed by atoms with Crippen LogP contribution in [-0.4, -0.2) is 31.5 Å². The van der Waals surface area contributed by atoms with Crippen molar-refractivity contribution < 1.29 is 14.9 Å². The lowest BCUT2D eigenvalue weighted by Gasteiger charge is -2.30. The first-order chi connectivity index (χ1) is 9.32. The van der Waals surface area contributed by atoms with Gasteiger partial charge in [0.25, 0.3) is 5.56 Å². The molecule has 0 bridgehead atoms. The monoisotopic (exact) mass is 278 g/mol. The van der Waals surface area contributed by atoms with Gasteiger partial charge in [-0.05, 0) is 5.57 Å². The van der Waals surface area contributed by atoms with E-state index in [1.165, 1.54) is 6.08 Å². The van der Waals surface area contributed by atoms with Crippen molar-refractivity contribution in [2.24, 2.45) is 0 Å². The van der Waals surface area contributed by atoms with Crippen molar-refractivity contribution in [1.82, 2.24) is 9.55 Å². The Labute approximate surface area is 113 Å². The molecule has 0 aliphatic carbocycles. The van der Waals surface area contributed by atoms with Gasteiger partial charge in [-0.1, -0.05) is 25.8 Å². The van der Waals surface area contributed by atoms with Crippen LogP contribution in [0.15, 0.2) is 59.0 Å². The van der Waals surface area contributed by atoms with E-state index in [2.05, 4.69) is 19.7 Å². The molecule has 1 aromatic heterocycles. The van der Waals surface area contributed by atoms with Gasteiger partial charge >= 0.3 is 5.69 Å². The number of aromatic nitrogens is 2. The Kier molecular flexibility index (Phi) is 3.24. The van der Waals surface area contributed by atoms with Gasteiger partial charge < -0.3 is 14.9 Å². The van der Waals surface area contributed by atoms with E-state index in [0.717, 1.165) is 16.8 Å². The average Bonchev–Trinajstić information content (AvgIpc) is 2.63. The predicted molar refractivity (Wildman–Crippen MR) is 70.9 cm³/mol. The third-order valence-electron chi connectivity index (χ3n) is 3.23. The smallest absolute Gasteiger partial charge is 0.331 e. The maximum Gasteiger partial charge on any atom is 0.331 e. The number of ether oxygens (including phenoxy) is 1. The maximum absolute atomic E-state index is 11.8. The molecule has 0 unspecified atom stereocenters. The normalized spacial score (nSPS) is 29.0. The van der Waals surface area contributed by atoms with E-state index < -0.39 is 29.2 Å². The summed E-state index contributed by atoms with van der Waals surface area (Å²) in [4.78, 5) is 24.9. The van der Waals surface area contributed by atoms with E-state index in [0.29, 0.717) is 0 Å². The summed E-state index contributed by atoms with van der Waals surface area (Å²) < 4.78 is 6.20. The lowest BCUT2D eigenvalue weighted by molar-refractivity contribution is -0.0792. The zero-order chi connectivity index (χ0) is 15.1. The molecule has 1 saturated heterocycles. The summed E-state index contributed by atoms with van der Waals surface area (Å²) >= 11 is 0. The SMILES string of the molecule is C=CC(=C)[C@@]1(O)[C@H](O)C(=C)O[C@H]1n1ccc(=O)[nH]c1=O. The standard InChI is InChI=1S/C13H14N2O5/c1-4-7(2)13(19)10(17)8(3)20-11(13)15-6-5-9(16)14-12(15)18/h4-6,10-11,17,19H,1-3H2,(H,14,16,18)/t10-,11-,13-/m1/s1. The fourth-order valence-electron chi connectivity index (χ4n) is 2.06. The van der Waals surface area contributed by atoms with Gasteiger partial charge in [0.05, 0.1) is 0 Å². The highest BCUT2D eigenvalue weighted by Crippen LogP contribution is 2.43. The third kappa shape index (κ3) is 1.84. The number of rotatable bonds is 3. The summed E-state index contributed by atoms with van der Waals surface area (Å²) in [6.45, 7) is 10.5. The number of nitrogens with zero attached hydrogens (tertiary/aromatic N) is 1. The summed E-state index contributed by atoms with van der Waals surface area (Å²) in [5.74, 6) is -0.112. The maximum atomic E-state index is 11.8. The molecule has 7 heteroatoms. The molecule has 0 aromatic carbocycles. The number of nitrogens with one attached hydrogen (secondary N) is 1. The minimum Gasteiger partial charge on any atom is -0.468 e. The Morgan fingerprint density at radius 3 is 2.75 bits per heavy atom. The van der Waals surface area contributed by atoms with Gasteiger partial charge in [0.2, 0.25) is 6.23 Å². The molecule has 20 heavy (non-hydrogen) atoms. The summed E-state index contributed by atoms with van der Waals surface area (Å²) in [6.07, 6.45) is -0.385. The lowest BCUT2D eigenvalue weighted by atomic mass is 9.88. The van der Waals surface area contributed by atoms with Crippen LogP contribution in [0.25, 0.3) is 0 Å². The van der Waals surface area contributed by atoms with E-state index >= 15 is 0 Å². The Bertz CT molecular complexity index is 701. The van der Waals surface area contributed by atoms with Crippen LogP contribution in [0.3, 0.4) is 0 Å². The van der Waals surface area contributed by atoms with Crippen LogP contribution in [-0.2, 0) is 4.74 Å². The summed E-state index contributed by atoms with van der Waals surface area (Å²) in [5.41, 5.74) is -3.32. The van der Waals surface area contributed by atoms with E-state index in [1.807, 2.05) is 4.98 Å². The summed E-state index contributed by atoms with van der Waals surface area (Å²) in [5, 5.41) is 20.7. The van der Waals surface area contributed by atoms with Gasteiger partial charge in [-0.25, -0.2) is 4.79 Å². The molecule has 2 rings (SSSR count). The molecule has 0 radical (unpaired) electrons. The van der Waals surface area contributed by atoms with Crippen LogP contribution in [0.2, 0.25) is 0 Å². The van der Waals surface area contributed by atoms with Crippen molar-refractivity contribution >= 4 is 0 Å². The number of H-pyrrole nitrogens is 1. The molecule has 2 heterocycles. The average molecular weight is 278 g/mol. The Morgan fingerprint density at radius 2 is 2.20 bits per heavy atom. The minimum atomic E-state index is -2.00. The van der Waals surface area contributed by atoms with Crippen LogP contribution >= 0.6 is 0 Å². The quantitative estimate of drug-likeness (QED) is 0.641. The highest BCUT2D eigenvalue weighted by molar-refractivity contribution is 5.33. The first kappa shape index (κ1) is 14.0. The van der Waals surface area contributed by atoms with E-state index in [4.69, 9.17) is 4.74 Å². The third-order valence-corrected chi connectivity index (χ3v) is 3.23. The second-order valence-electron chi connectivity index (χ2n) is 4.41. The van der Waals surface area contributed by atoms with Crippen molar-refractivity contribution in [3.63, 3.8) is 0 Å². The number of aliphatic hydroxyl groups is 2. The van der Waals surface area contributed by atoms with Gasteiger partial charge in [-0.2, -0.15) is 0 Å². The number of hydrogen-bond acceptors (Lipinski definition) is 5. The van der Waals surface area contributed by atoms with Crippen molar-refractivity contribution in [2.45, 2.75) is 17.9 Å². The molecule has 1 fully saturated rings. The molecule has 1 aromatic rings. The highest BCUT2D eigenvalue weighted by Gasteiger charge is 2.55. The fraction of sp³-hybridized carbons (Fsp3) is 0.231. The number of hydrogen-bond donors (Lipinski definition) is 3. The summed E-state index contributed by atoms with van der Waals surface area (Å²) in [6, 6.07) is 1.09. The van der Waals surface area contributed by atoms with Gasteiger partial charge in [0.1, 0.15) is 11.9 Å². The van der Waals surface area contributed by atoms with Crippen LogP contribution in [0.5, 0.6) is 0 Å². The molecule has 1 aliphatic rings. The summed E-state index contributed by atoms with van der Waals surface area (Å²) in [7, 11) is 0. The lowest BCUT2D eigenvalue weighted by Crippen LogP contribution is -2.48. The van der Waals surface area contributed by atoms with Gasteiger partial charge in [-0.3, -0.25) is 14.3 Å². The Balaban J connectivity index is 2.62. The van der Waals surface area contributed by atoms with Crippen LogP contribution < -0.4 is 11.2 Å². The fourth-order valence-corrected chi connectivity index (χ4v) is 2.06. The molecule has 0 amide bonds. The van der Waals surface area contributed by atoms with Crippen LogP contribution in [0.1, 0.15) is 6.23 Å². The first-order valence-corrected chi connectivity index (χ1v) is 5.71. The topological polar surface area (TPSA) is 105 Å². The van der Waals surface area contributed by atoms with E-state index in [1.54, 1.807) is 0 Å². The molecule has 3 N–H and O–H groups in total. The second-order valence-corrected chi connectivity index (χ2v) is 4.41. The molecule has 7 nitrogen and oxygen atoms in total. The van der Waals surface area contributed by atoms with E-state index in [9.17, 15) is 19.8 Å². The predicted octanol–water partition coefficient (Wildman–Crippen LogP) is -0.587. The van der Waals surface area contributed by atoms with Crippen molar-refractivity contribution in [3.8, 4) is 0 Å². The van der Waals surface area contributed by atoms with Gasteiger partial charge in [-0.15, -0.1) is 0 Å². The molecular weight excluding hydrogens is 264 g/mol.